The van der Waals surface area contributed by atoms with Crippen LogP contribution in [0.4, 0.5) is 5.69 Å². The van der Waals surface area contributed by atoms with E-state index in [4.69, 9.17) is 0 Å². The summed E-state index contributed by atoms with van der Waals surface area (Å²) in [5.74, 6) is -0.640. The number of aryl methyl sites for hydroxylation is 2. The molecular formula is C22H20BrN5O2S. The Kier molecular flexibility index (Phi) is 6.15. The van der Waals surface area contributed by atoms with E-state index in [1.807, 2.05) is 43.5 Å². The zero-order valence-corrected chi connectivity index (χ0v) is 19.4. The fourth-order valence-corrected chi connectivity index (χ4v) is 4.14. The van der Waals surface area contributed by atoms with Crippen molar-refractivity contribution >= 4 is 55.8 Å². The van der Waals surface area contributed by atoms with Gasteiger partial charge >= 0.3 is 0 Å². The van der Waals surface area contributed by atoms with Crippen molar-refractivity contribution in [2.45, 2.75) is 20.4 Å². The zero-order valence-electron chi connectivity index (χ0n) is 17.0. The number of carbonyl (C=O) groups excluding carboxylic acids is 2. The van der Waals surface area contributed by atoms with Gasteiger partial charge in [0, 0.05) is 20.7 Å². The number of benzene rings is 1. The molecule has 0 unspecified atom stereocenters. The largest absolute Gasteiger partial charge is 0.343 e. The van der Waals surface area contributed by atoms with Gasteiger partial charge in [-0.05, 0) is 55.1 Å². The fraction of sp³-hybridized carbons (Fsp3) is 0.182. The van der Waals surface area contributed by atoms with E-state index in [-0.39, 0.29) is 18.4 Å². The van der Waals surface area contributed by atoms with Crippen LogP contribution in [0.25, 0.3) is 11.0 Å². The van der Waals surface area contributed by atoms with Gasteiger partial charge < -0.3 is 10.6 Å². The number of aromatic nitrogens is 3. The van der Waals surface area contributed by atoms with Crippen LogP contribution < -0.4 is 10.6 Å². The van der Waals surface area contributed by atoms with Crippen LogP contribution >= 0.6 is 27.3 Å². The van der Waals surface area contributed by atoms with Crippen LogP contribution in [0.15, 0.2) is 52.4 Å². The van der Waals surface area contributed by atoms with Gasteiger partial charge in [-0.1, -0.05) is 22.0 Å². The molecule has 0 saturated heterocycles. The van der Waals surface area contributed by atoms with E-state index in [1.54, 1.807) is 34.3 Å². The van der Waals surface area contributed by atoms with E-state index in [0.717, 1.165) is 14.9 Å². The molecule has 0 saturated carbocycles. The maximum Gasteiger partial charge on any atom is 0.252 e. The van der Waals surface area contributed by atoms with E-state index < -0.39 is 0 Å². The smallest absolute Gasteiger partial charge is 0.252 e. The fourth-order valence-electron chi connectivity index (χ4n) is 3.21. The molecule has 1 aromatic carbocycles. The van der Waals surface area contributed by atoms with Gasteiger partial charge in [0.25, 0.3) is 5.91 Å². The summed E-state index contributed by atoms with van der Waals surface area (Å²) in [4.78, 5) is 30.8. The van der Waals surface area contributed by atoms with Crippen LogP contribution in [0, 0.1) is 13.8 Å². The van der Waals surface area contributed by atoms with Gasteiger partial charge in [0.15, 0.2) is 5.65 Å². The highest BCUT2D eigenvalue weighted by Gasteiger charge is 2.17. The highest BCUT2D eigenvalue weighted by molar-refractivity contribution is 9.10. The van der Waals surface area contributed by atoms with Gasteiger partial charge in [0.05, 0.1) is 30.2 Å². The van der Waals surface area contributed by atoms with Gasteiger partial charge in [0.2, 0.25) is 5.91 Å². The first kappa shape index (κ1) is 21.2. The first-order valence-corrected chi connectivity index (χ1v) is 11.3. The average molecular weight is 498 g/mol. The third-order valence-electron chi connectivity index (χ3n) is 4.72. The third-order valence-corrected chi connectivity index (χ3v) is 6.47. The number of hydrogen-bond donors (Lipinski definition) is 2. The summed E-state index contributed by atoms with van der Waals surface area (Å²) >= 11 is 5.08. The van der Waals surface area contributed by atoms with E-state index in [1.165, 1.54) is 0 Å². The molecule has 4 rings (SSSR count). The Morgan fingerprint density at radius 2 is 2.03 bits per heavy atom. The molecule has 3 aromatic heterocycles. The predicted molar refractivity (Wildman–Crippen MR) is 126 cm³/mol. The molecule has 31 heavy (non-hydrogen) atoms. The number of halogens is 1. The van der Waals surface area contributed by atoms with Crippen LogP contribution in [0.5, 0.6) is 0 Å². The van der Waals surface area contributed by atoms with E-state index >= 15 is 0 Å². The molecular weight excluding hydrogens is 478 g/mol. The minimum atomic E-state index is -0.340. The van der Waals surface area contributed by atoms with Crippen LogP contribution in [-0.4, -0.2) is 33.1 Å². The maximum absolute atomic E-state index is 12.8. The molecule has 0 radical (unpaired) electrons. The number of thiophene rings is 1. The predicted octanol–water partition coefficient (Wildman–Crippen LogP) is 4.29. The van der Waals surface area contributed by atoms with E-state index in [0.29, 0.717) is 34.5 Å². The van der Waals surface area contributed by atoms with E-state index in [2.05, 4.69) is 36.6 Å². The monoisotopic (exact) mass is 497 g/mol. The van der Waals surface area contributed by atoms with Crippen molar-refractivity contribution in [2.75, 3.05) is 11.9 Å². The highest BCUT2D eigenvalue weighted by atomic mass is 79.9. The molecule has 0 aliphatic carbocycles. The molecule has 0 fully saturated rings. The van der Waals surface area contributed by atoms with Gasteiger partial charge in [-0.15, -0.1) is 11.3 Å². The summed E-state index contributed by atoms with van der Waals surface area (Å²) < 4.78 is 2.75. The van der Waals surface area contributed by atoms with Crippen molar-refractivity contribution in [1.29, 1.82) is 0 Å². The Bertz CT molecular complexity index is 1270. The van der Waals surface area contributed by atoms with Crippen LogP contribution in [0.2, 0.25) is 0 Å². The molecule has 2 amide bonds. The van der Waals surface area contributed by atoms with Gasteiger partial charge in [-0.2, -0.15) is 5.10 Å². The normalized spacial score (nSPS) is 10.9. The Morgan fingerprint density at radius 3 is 2.77 bits per heavy atom. The number of nitrogens with zero attached hydrogens (tertiary/aromatic N) is 3. The molecule has 0 aliphatic rings. The summed E-state index contributed by atoms with van der Waals surface area (Å²) in [6.07, 6.45) is 1.65. The molecule has 0 aliphatic heterocycles. The Balaban J connectivity index is 1.47. The number of anilines is 1. The van der Waals surface area contributed by atoms with Crippen molar-refractivity contribution < 1.29 is 9.59 Å². The Morgan fingerprint density at radius 1 is 1.19 bits per heavy atom. The minimum absolute atomic E-state index is 0.139. The maximum atomic E-state index is 12.8. The summed E-state index contributed by atoms with van der Waals surface area (Å²) in [5.41, 5.74) is 3.49. The van der Waals surface area contributed by atoms with Crippen LogP contribution in [0.1, 0.15) is 26.5 Å². The van der Waals surface area contributed by atoms with Gasteiger partial charge in [0.1, 0.15) is 0 Å². The third kappa shape index (κ3) is 4.83. The number of carbonyl (C=O) groups is 2. The lowest BCUT2D eigenvalue weighted by Crippen LogP contribution is -2.33. The lowest BCUT2D eigenvalue weighted by molar-refractivity contribution is -0.115. The van der Waals surface area contributed by atoms with Crippen molar-refractivity contribution in [3.63, 3.8) is 0 Å². The first-order valence-electron chi connectivity index (χ1n) is 9.60. The summed E-state index contributed by atoms with van der Waals surface area (Å²) in [5, 5.41) is 12.6. The van der Waals surface area contributed by atoms with Crippen molar-refractivity contribution in [2.24, 2.45) is 0 Å². The molecule has 0 atom stereocenters. The van der Waals surface area contributed by atoms with Gasteiger partial charge in [-0.3, -0.25) is 9.59 Å². The molecule has 4 aromatic rings. The Labute approximate surface area is 191 Å². The molecule has 7 nitrogen and oxygen atoms in total. The number of rotatable bonds is 6. The van der Waals surface area contributed by atoms with Crippen molar-refractivity contribution in [3.8, 4) is 0 Å². The van der Waals surface area contributed by atoms with E-state index in [9.17, 15) is 9.59 Å². The number of nitrogens with one attached hydrogen (secondary N) is 2. The average Bonchev–Trinajstić information content (AvgIpc) is 3.39. The second-order valence-corrected chi connectivity index (χ2v) is 9.01. The lowest BCUT2D eigenvalue weighted by Gasteiger charge is -2.09. The molecule has 9 heteroatoms. The SMILES string of the molecule is Cc1cc(C(=O)NCC(=O)Nc2ccc(Br)c(C)c2)c2cnn(Cc3cccs3)c2n1. The van der Waals surface area contributed by atoms with Crippen molar-refractivity contribution in [1.82, 2.24) is 20.1 Å². The molecule has 0 bridgehead atoms. The topological polar surface area (TPSA) is 88.9 Å². The van der Waals surface area contributed by atoms with Crippen molar-refractivity contribution in [3.05, 3.63) is 74.1 Å². The molecule has 0 spiro atoms. The quantitative estimate of drug-likeness (QED) is 0.415. The molecule has 3 heterocycles. The standard InChI is InChI=1S/C22H20BrN5O2S/c1-13-8-15(5-6-19(13)23)27-20(29)11-24-22(30)17-9-14(2)26-21-18(17)10-25-28(21)12-16-4-3-7-31-16/h3-10H,11-12H2,1-2H3,(H,24,30)(H,27,29). The Hall–Kier alpha value is -3.04. The number of amides is 2. The lowest BCUT2D eigenvalue weighted by atomic mass is 10.1. The molecule has 158 valence electrons. The zero-order chi connectivity index (χ0) is 22.0. The minimum Gasteiger partial charge on any atom is -0.343 e. The second-order valence-electron chi connectivity index (χ2n) is 7.12. The summed E-state index contributed by atoms with van der Waals surface area (Å²) in [6.45, 7) is 4.23. The molecule has 2 N–H and O–H groups in total. The summed E-state index contributed by atoms with van der Waals surface area (Å²) in [7, 11) is 0. The number of hydrogen-bond acceptors (Lipinski definition) is 5. The summed E-state index contributed by atoms with van der Waals surface area (Å²) in [6, 6.07) is 11.3. The van der Waals surface area contributed by atoms with Crippen LogP contribution in [0.3, 0.4) is 0 Å². The number of fused-ring (bicyclic) bond motifs is 1. The highest BCUT2D eigenvalue weighted by Crippen LogP contribution is 2.21. The second kappa shape index (κ2) is 8.99. The first-order chi connectivity index (χ1) is 14.9. The number of pyridine rings is 1. The van der Waals surface area contributed by atoms with Gasteiger partial charge in [-0.25, -0.2) is 9.67 Å². The van der Waals surface area contributed by atoms with Crippen LogP contribution in [-0.2, 0) is 11.3 Å².